The Bertz CT molecular complexity index is 335. The fourth-order valence-corrected chi connectivity index (χ4v) is 1.72. The highest BCUT2D eigenvalue weighted by Crippen LogP contribution is 2.12. The van der Waals surface area contributed by atoms with Crippen molar-refractivity contribution >= 4 is 23.5 Å². The largest absolute Gasteiger partial charge is 0.368 e. The van der Waals surface area contributed by atoms with E-state index in [0.29, 0.717) is 12.0 Å². The summed E-state index contributed by atoms with van der Waals surface area (Å²) >= 11 is 5.70. The maximum atomic E-state index is 5.70. The van der Waals surface area contributed by atoms with Gasteiger partial charge in [0, 0.05) is 6.04 Å². The van der Waals surface area contributed by atoms with E-state index in [1.807, 2.05) is 0 Å². The van der Waals surface area contributed by atoms with Gasteiger partial charge in [-0.2, -0.15) is 15.0 Å². The maximum Gasteiger partial charge on any atom is 0.229 e. The van der Waals surface area contributed by atoms with E-state index in [-0.39, 0.29) is 11.2 Å². The molecule has 1 heterocycles. The first-order valence-corrected chi connectivity index (χ1v) is 6.28. The zero-order valence-electron chi connectivity index (χ0n) is 10.6. The van der Waals surface area contributed by atoms with Crippen LogP contribution >= 0.6 is 11.6 Å². The van der Waals surface area contributed by atoms with Crippen molar-refractivity contribution in [1.29, 1.82) is 0 Å². The van der Waals surface area contributed by atoms with E-state index < -0.39 is 0 Å². The topological polar surface area (TPSA) is 76.7 Å². The summed E-state index contributed by atoms with van der Waals surface area (Å²) in [5.41, 5.74) is 5.49. The fourth-order valence-electron chi connectivity index (χ4n) is 1.55. The molecule has 17 heavy (non-hydrogen) atoms. The van der Waals surface area contributed by atoms with Crippen molar-refractivity contribution in [3.63, 3.8) is 0 Å². The predicted molar refractivity (Wildman–Crippen MR) is 71.0 cm³/mol. The van der Waals surface area contributed by atoms with Crippen molar-refractivity contribution in [3.05, 3.63) is 5.28 Å². The van der Waals surface area contributed by atoms with Gasteiger partial charge in [-0.1, -0.05) is 26.7 Å². The van der Waals surface area contributed by atoms with Crippen LogP contribution in [0, 0.1) is 5.92 Å². The Morgan fingerprint density at radius 2 is 1.88 bits per heavy atom. The molecule has 3 N–H and O–H groups in total. The molecule has 1 aromatic heterocycles. The molecule has 96 valence electrons. The minimum absolute atomic E-state index is 0.120. The smallest absolute Gasteiger partial charge is 0.229 e. The lowest BCUT2D eigenvalue weighted by Gasteiger charge is -2.14. The molecule has 5 nitrogen and oxygen atoms in total. The molecular formula is C11H20ClN5. The summed E-state index contributed by atoms with van der Waals surface area (Å²) in [6.45, 7) is 6.54. The van der Waals surface area contributed by atoms with Crippen molar-refractivity contribution in [1.82, 2.24) is 15.0 Å². The van der Waals surface area contributed by atoms with Crippen LogP contribution in [0.1, 0.15) is 40.0 Å². The minimum Gasteiger partial charge on any atom is -0.368 e. The van der Waals surface area contributed by atoms with Crippen LogP contribution in [0.2, 0.25) is 5.28 Å². The molecule has 0 radical (unpaired) electrons. The van der Waals surface area contributed by atoms with Gasteiger partial charge in [-0.05, 0) is 30.9 Å². The van der Waals surface area contributed by atoms with Crippen molar-refractivity contribution < 1.29 is 0 Å². The van der Waals surface area contributed by atoms with Gasteiger partial charge in [-0.15, -0.1) is 0 Å². The Kier molecular flexibility index (Phi) is 5.41. The molecule has 0 saturated heterocycles. The number of nitrogens with two attached hydrogens (primary N) is 1. The number of halogens is 1. The van der Waals surface area contributed by atoms with Crippen LogP contribution in [-0.2, 0) is 0 Å². The van der Waals surface area contributed by atoms with Crippen molar-refractivity contribution in [3.8, 4) is 0 Å². The Morgan fingerprint density at radius 1 is 1.18 bits per heavy atom. The quantitative estimate of drug-likeness (QED) is 0.819. The number of nitrogens with one attached hydrogen (secondary N) is 1. The molecule has 1 atom stereocenters. The maximum absolute atomic E-state index is 5.70. The summed E-state index contributed by atoms with van der Waals surface area (Å²) in [5, 5.41) is 3.29. The van der Waals surface area contributed by atoms with E-state index in [2.05, 4.69) is 41.0 Å². The summed E-state index contributed by atoms with van der Waals surface area (Å²) in [6, 6.07) is 0.298. The first-order chi connectivity index (χ1) is 7.97. The number of nitrogen functional groups attached to an aromatic ring is 1. The highest BCUT2D eigenvalue weighted by Gasteiger charge is 2.07. The molecule has 0 fully saturated rings. The Hall–Kier alpha value is -1.10. The summed E-state index contributed by atoms with van der Waals surface area (Å²) in [4.78, 5) is 11.7. The molecule has 0 aliphatic rings. The summed E-state index contributed by atoms with van der Waals surface area (Å²) < 4.78 is 0. The lowest BCUT2D eigenvalue weighted by Crippen LogP contribution is -2.18. The zero-order chi connectivity index (χ0) is 12.8. The second kappa shape index (κ2) is 6.59. The molecule has 1 rings (SSSR count). The molecule has 1 unspecified atom stereocenters. The van der Waals surface area contributed by atoms with Gasteiger partial charge in [-0.25, -0.2) is 0 Å². The monoisotopic (exact) mass is 257 g/mol. The van der Waals surface area contributed by atoms with Crippen molar-refractivity contribution in [2.75, 3.05) is 11.1 Å². The SMILES string of the molecule is CC(C)CCCC(C)Nc1nc(N)nc(Cl)n1. The molecule has 1 aromatic rings. The van der Waals surface area contributed by atoms with E-state index in [1.165, 1.54) is 12.8 Å². The minimum atomic E-state index is 0.120. The highest BCUT2D eigenvalue weighted by atomic mass is 35.5. The standard InChI is InChI=1S/C11H20ClN5/c1-7(2)5-4-6-8(3)14-11-16-9(12)15-10(13)17-11/h7-8H,4-6H2,1-3H3,(H3,13,14,15,16,17). The Morgan fingerprint density at radius 3 is 2.47 bits per heavy atom. The molecule has 0 aliphatic heterocycles. The molecular weight excluding hydrogens is 238 g/mol. The summed E-state index contributed by atoms with van der Waals surface area (Å²) in [7, 11) is 0. The second-order valence-electron chi connectivity index (χ2n) is 4.66. The van der Waals surface area contributed by atoms with Gasteiger partial charge >= 0.3 is 0 Å². The van der Waals surface area contributed by atoms with Crippen molar-refractivity contribution in [2.45, 2.75) is 46.1 Å². The molecule has 0 saturated carbocycles. The molecule has 0 spiro atoms. The number of nitrogens with zero attached hydrogens (tertiary/aromatic N) is 3. The van der Waals surface area contributed by atoms with Crippen molar-refractivity contribution in [2.24, 2.45) is 5.92 Å². The predicted octanol–water partition coefficient (Wildman–Crippen LogP) is 2.73. The summed E-state index contributed by atoms with van der Waals surface area (Å²) in [6.07, 6.45) is 3.48. The first-order valence-electron chi connectivity index (χ1n) is 5.91. The van der Waals surface area contributed by atoms with E-state index in [9.17, 15) is 0 Å². The van der Waals surface area contributed by atoms with Crippen LogP contribution in [0.5, 0.6) is 0 Å². The molecule has 0 bridgehead atoms. The third kappa shape index (κ3) is 5.68. The Balaban J connectivity index is 2.42. The van der Waals surface area contributed by atoms with Gasteiger partial charge in [0.15, 0.2) is 0 Å². The van der Waals surface area contributed by atoms with Gasteiger partial charge < -0.3 is 11.1 Å². The van der Waals surface area contributed by atoms with Crippen LogP contribution in [0.25, 0.3) is 0 Å². The van der Waals surface area contributed by atoms with Gasteiger partial charge in [0.2, 0.25) is 17.2 Å². The van der Waals surface area contributed by atoms with Crippen LogP contribution in [0.3, 0.4) is 0 Å². The van der Waals surface area contributed by atoms with E-state index in [1.54, 1.807) is 0 Å². The third-order valence-corrected chi connectivity index (χ3v) is 2.59. The van der Waals surface area contributed by atoms with Crippen LogP contribution < -0.4 is 11.1 Å². The van der Waals surface area contributed by atoms with Gasteiger partial charge in [-0.3, -0.25) is 0 Å². The first kappa shape index (κ1) is 14.0. The van der Waals surface area contributed by atoms with Gasteiger partial charge in [0.1, 0.15) is 0 Å². The molecule has 6 heteroatoms. The fraction of sp³-hybridized carbons (Fsp3) is 0.727. The number of hydrogen-bond acceptors (Lipinski definition) is 5. The highest BCUT2D eigenvalue weighted by molar-refractivity contribution is 6.28. The van der Waals surface area contributed by atoms with Gasteiger partial charge in [0.05, 0.1) is 0 Å². The number of anilines is 2. The normalized spacial score (nSPS) is 12.8. The lowest BCUT2D eigenvalue weighted by atomic mass is 10.0. The number of rotatable bonds is 6. The zero-order valence-corrected chi connectivity index (χ0v) is 11.3. The molecule has 0 amide bonds. The second-order valence-corrected chi connectivity index (χ2v) is 4.99. The average Bonchev–Trinajstić information content (AvgIpc) is 2.14. The number of hydrogen-bond donors (Lipinski definition) is 2. The van der Waals surface area contributed by atoms with Crippen LogP contribution in [0.15, 0.2) is 0 Å². The Labute approximate surface area is 107 Å². The van der Waals surface area contributed by atoms with E-state index in [0.717, 1.165) is 12.3 Å². The molecule has 0 aromatic carbocycles. The van der Waals surface area contributed by atoms with Crippen LogP contribution in [0.4, 0.5) is 11.9 Å². The lowest BCUT2D eigenvalue weighted by molar-refractivity contribution is 0.519. The molecule has 0 aliphatic carbocycles. The summed E-state index contributed by atoms with van der Waals surface area (Å²) in [5.74, 6) is 1.32. The van der Waals surface area contributed by atoms with Gasteiger partial charge in [0.25, 0.3) is 0 Å². The number of aromatic nitrogens is 3. The van der Waals surface area contributed by atoms with E-state index >= 15 is 0 Å². The van der Waals surface area contributed by atoms with E-state index in [4.69, 9.17) is 17.3 Å². The average molecular weight is 258 g/mol. The third-order valence-electron chi connectivity index (χ3n) is 2.42. The van der Waals surface area contributed by atoms with Crippen LogP contribution in [-0.4, -0.2) is 21.0 Å².